The van der Waals surface area contributed by atoms with Crippen LogP contribution in [-0.4, -0.2) is 36.5 Å². The standard InChI is InChI=1S/C22H23N5O2S/c1-2-11-26-21(29)20-17(10-13-30-20)27-18(23-24-22(26)27)7-8-19(28)25-12-9-15-5-3-4-6-16(15)14-25/h3-6,10,13H,2,7-9,11-12,14H2,1H3. The van der Waals surface area contributed by atoms with Gasteiger partial charge in [-0.2, -0.15) is 0 Å². The van der Waals surface area contributed by atoms with Gasteiger partial charge in [0.1, 0.15) is 10.5 Å². The van der Waals surface area contributed by atoms with Gasteiger partial charge in [-0.05, 0) is 35.4 Å². The molecule has 4 heterocycles. The first-order valence-electron chi connectivity index (χ1n) is 10.4. The minimum absolute atomic E-state index is 0.0173. The molecule has 0 saturated heterocycles. The summed E-state index contributed by atoms with van der Waals surface area (Å²) in [4.78, 5) is 27.6. The first-order chi connectivity index (χ1) is 14.7. The van der Waals surface area contributed by atoms with Crippen molar-refractivity contribution in [1.82, 2.24) is 24.1 Å². The molecule has 0 bridgehead atoms. The quantitative estimate of drug-likeness (QED) is 0.497. The lowest BCUT2D eigenvalue weighted by Crippen LogP contribution is -2.36. The molecule has 7 nitrogen and oxygen atoms in total. The van der Waals surface area contributed by atoms with Crippen molar-refractivity contribution in [2.75, 3.05) is 6.54 Å². The van der Waals surface area contributed by atoms with Gasteiger partial charge in [-0.25, -0.2) is 0 Å². The molecule has 0 saturated carbocycles. The van der Waals surface area contributed by atoms with Crippen LogP contribution in [-0.2, 0) is 30.7 Å². The van der Waals surface area contributed by atoms with Crippen molar-refractivity contribution < 1.29 is 4.79 Å². The summed E-state index contributed by atoms with van der Waals surface area (Å²) in [6.45, 7) is 4.05. The first-order valence-corrected chi connectivity index (χ1v) is 11.2. The normalized spacial score (nSPS) is 13.8. The van der Waals surface area contributed by atoms with Crippen LogP contribution in [0.15, 0.2) is 40.5 Å². The molecule has 1 amide bonds. The van der Waals surface area contributed by atoms with E-state index in [1.54, 1.807) is 4.57 Å². The van der Waals surface area contributed by atoms with Crippen molar-refractivity contribution in [1.29, 1.82) is 0 Å². The highest BCUT2D eigenvalue weighted by atomic mass is 32.1. The topological polar surface area (TPSA) is 72.5 Å². The summed E-state index contributed by atoms with van der Waals surface area (Å²) in [6.07, 6.45) is 2.60. The lowest BCUT2D eigenvalue weighted by molar-refractivity contribution is -0.132. The summed E-state index contributed by atoms with van der Waals surface area (Å²) in [6, 6.07) is 10.2. The zero-order chi connectivity index (χ0) is 20.7. The molecule has 0 spiro atoms. The van der Waals surface area contributed by atoms with Gasteiger partial charge in [0.25, 0.3) is 5.56 Å². The van der Waals surface area contributed by atoms with Crippen LogP contribution in [0.25, 0.3) is 16.0 Å². The molecule has 8 heteroatoms. The maximum atomic E-state index is 12.9. The summed E-state index contributed by atoms with van der Waals surface area (Å²) in [5.74, 6) is 1.41. The van der Waals surface area contributed by atoms with Gasteiger partial charge in [-0.3, -0.25) is 18.6 Å². The Morgan fingerprint density at radius 2 is 2.00 bits per heavy atom. The Balaban J connectivity index is 1.41. The molecular formula is C22H23N5O2S. The van der Waals surface area contributed by atoms with E-state index in [1.807, 2.05) is 33.7 Å². The summed E-state index contributed by atoms with van der Waals surface area (Å²) in [7, 11) is 0. The van der Waals surface area contributed by atoms with Crippen molar-refractivity contribution in [3.8, 4) is 0 Å². The molecular weight excluding hydrogens is 398 g/mol. The lowest BCUT2D eigenvalue weighted by atomic mass is 9.99. The van der Waals surface area contributed by atoms with Crippen LogP contribution in [0.1, 0.15) is 36.7 Å². The molecule has 4 aromatic rings. The minimum Gasteiger partial charge on any atom is -0.338 e. The number of fused-ring (bicyclic) bond motifs is 4. The van der Waals surface area contributed by atoms with Crippen LogP contribution in [0.5, 0.6) is 0 Å². The Morgan fingerprint density at radius 1 is 1.17 bits per heavy atom. The molecule has 1 aromatic carbocycles. The number of hydrogen-bond donors (Lipinski definition) is 0. The van der Waals surface area contributed by atoms with E-state index in [2.05, 4.69) is 28.4 Å². The highest BCUT2D eigenvalue weighted by Gasteiger charge is 2.22. The molecule has 1 aliphatic rings. The number of thiophene rings is 1. The molecule has 1 aliphatic heterocycles. The molecule has 0 radical (unpaired) electrons. The van der Waals surface area contributed by atoms with Crippen LogP contribution < -0.4 is 5.56 Å². The third kappa shape index (κ3) is 3.11. The van der Waals surface area contributed by atoms with E-state index >= 15 is 0 Å². The number of hydrogen-bond acceptors (Lipinski definition) is 5. The summed E-state index contributed by atoms with van der Waals surface area (Å²) >= 11 is 1.44. The Bertz CT molecular complexity index is 1300. The predicted octanol–water partition coefficient (Wildman–Crippen LogP) is 3.03. The van der Waals surface area contributed by atoms with Crippen molar-refractivity contribution in [2.24, 2.45) is 0 Å². The molecule has 0 atom stereocenters. The maximum absolute atomic E-state index is 12.9. The second-order valence-corrected chi connectivity index (χ2v) is 8.59. The van der Waals surface area contributed by atoms with Crippen LogP contribution in [0.4, 0.5) is 0 Å². The Hall–Kier alpha value is -3.00. The van der Waals surface area contributed by atoms with E-state index in [9.17, 15) is 9.59 Å². The van der Waals surface area contributed by atoms with E-state index < -0.39 is 0 Å². The Labute approximate surface area is 177 Å². The number of nitrogens with zero attached hydrogens (tertiary/aromatic N) is 5. The van der Waals surface area contributed by atoms with E-state index in [1.165, 1.54) is 22.5 Å². The van der Waals surface area contributed by atoms with E-state index in [0.29, 0.717) is 36.4 Å². The highest BCUT2D eigenvalue weighted by molar-refractivity contribution is 7.17. The molecule has 0 fully saturated rings. The van der Waals surface area contributed by atoms with Gasteiger partial charge in [0.15, 0.2) is 0 Å². The number of rotatable bonds is 5. The van der Waals surface area contributed by atoms with Gasteiger partial charge in [-0.1, -0.05) is 31.2 Å². The second-order valence-electron chi connectivity index (χ2n) is 7.68. The van der Waals surface area contributed by atoms with Gasteiger partial charge in [-0.15, -0.1) is 21.5 Å². The summed E-state index contributed by atoms with van der Waals surface area (Å²) < 4.78 is 4.34. The number of benzene rings is 1. The zero-order valence-electron chi connectivity index (χ0n) is 16.9. The molecule has 30 heavy (non-hydrogen) atoms. The summed E-state index contributed by atoms with van der Waals surface area (Å²) in [5.41, 5.74) is 3.37. The number of aryl methyl sites for hydroxylation is 2. The fourth-order valence-electron chi connectivity index (χ4n) is 4.25. The number of aromatic nitrogens is 4. The molecule has 3 aromatic heterocycles. The molecule has 5 rings (SSSR count). The van der Waals surface area contributed by atoms with E-state index in [4.69, 9.17) is 0 Å². The SMILES string of the molecule is CCCn1c(=O)c2sccc2n2c(CCC(=O)N3CCc4ccccc4C3)nnc12. The molecule has 154 valence electrons. The van der Waals surface area contributed by atoms with E-state index in [-0.39, 0.29) is 11.5 Å². The monoisotopic (exact) mass is 421 g/mol. The fourth-order valence-corrected chi connectivity index (χ4v) is 5.08. The van der Waals surface area contributed by atoms with Crippen molar-refractivity contribution in [2.45, 2.75) is 45.7 Å². The molecule has 0 unspecified atom stereocenters. The van der Waals surface area contributed by atoms with Gasteiger partial charge < -0.3 is 4.90 Å². The van der Waals surface area contributed by atoms with Crippen LogP contribution in [0.2, 0.25) is 0 Å². The maximum Gasteiger partial charge on any atom is 0.272 e. The third-order valence-corrected chi connectivity index (χ3v) is 6.66. The van der Waals surface area contributed by atoms with Crippen LogP contribution >= 0.6 is 11.3 Å². The fraction of sp³-hybridized carbons (Fsp3) is 0.364. The molecule has 0 N–H and O–H groups in total. The number of carbonyl (C=O) groups excluding carboxylic acids is 1. The van der Waals surface area contributed by atoms with Crippen molar-refractivity contribution >= 4 is 33.2 Å². The minimum atomic E-state index is -0.0173. The average Bonchev–Trinajstić information content (AvgIpc) is 3.41. The lowest BCUT2D eigenvalue weighted by Gasteiger charge is -2.28. The number of amides is 1. The number of carbonyl (C=O) groups is 1. The zero-order valence-corrected chi connectivity index (χ0v) is 17.7. The Morgan fingerprint density at radius 3 is 2.83 bits per heavy atom. The summed E-state index contributed by atoms with van der Waals surface area (Å²) in [5, 5.41) is 10.6. The smallest absolute Gasteiger partial charge is 0.272 e. The molecule has 0 aliphatic carbocycles. The van der Waals surface area contributed by atoms with Crippen molar-refractivity contribution in [3.63, 3.8) is 0 Å². The van der Waals surface area contributed by atoms with Gasteiger partial charge >= 0.3 is 0 Å². The first kappa shape index (κ1) is 19.0. The Kier molecular flexibility index (Phi) is 4.86. The van der Waals surface area contributed by atoms with Crippen LogP contribution in [0, 0.1) is 0 Å². The van der Waals surface area contributed by atoms with Crippen molar-refractivity contribution in [3.05, 3.63) is 63.0 Å². The highest BCUT2D eigenvalue weighted by Crippen LogP contribution is 2.22. The van der Waals surface area contributed by atoms with Crippen LogP contribution in [0.3, 0.4) is 0 Å². The largest absolute Gasteiger partial charge is 0.338 e. The van der Waals surface area contributed by atoms with Gasteiger partial charge in [0.2, 0.25) is 11.7 Å². The van der Waals surface area contributed by atoms with Gasteiger partial charge in [0, 0.05) is 32.5 Å². The van der Waals surface area contributed by atoms with E-state index in [0.717, 1.165) is 30.7 Å². The second kappa shape index (κ2) is 7.68. The average molecular weight is 422 g/mol. The predicted molar refractivity (Wildman–Crippen MR) is 117 cm³/mol. The third-order valence-electron chi connectivity index (χ3n) is 5.77. The van der Waals surface area contributed by atoms with Gasteiger partial charge in [0.05, 0.1) is 5.52 Å².